The summed E-state index contributed by atoms with van der Waals surface area (Å²) < 4.78 is 2.51. The van der Waals surface area contributed by atoms with Crippen molar-refractivity contribution in [3.63, 3.8) is 0 Å². The third kappa shape index (κ3) is 5.32. The summed E-state index contributed by atoms with van der Waals surface area (Å²) in [4.78, 5) is 10.4. The van der Waals surface area contributed by atoms with E-state index in [0.717, 1.165) is 18.0 Å². The fraction of sp³-hybridized carbons (Fsp3) is 0. The van der Waals surface area contributed by atoms with E-state index in [1.54, 1.807) is 0 Å². The summed E-state index contributed by atoms with van der Waals surface area (Å²) in [6.45, 7) is 3.23. The van der Waals surface area contributed by atoms with Crippen LogP contribution >= 0.6 is 24.2 Å². The number of hydrogen-bond donors (Lipinski definition) is 2. The Balaban J connectivity index is 3.39. The molecule has 50 valence electrons. The van der Waals surface area contributed by atoms with E-state index in [0.29, 0.717) is 0 Å². The first-order valence-corrected chi connectivity index (χ1v) is 3.28. The zero-order chi connectivity index (χ0) is 7.28. The van der Waals surface area contributed by atoms with E-state index >= 15 is 0 Å². The zero-order valence-corrected chi connectivity index (χ0v) is 6.22. The van der Waals surface area contributed by atoms with Gasteiger partial charge in [0, 0.05) is 11.9 Å². The molecule has 0 spiro atoms. The average Bonchev–Trinajstić information content (AvgIpc) is 1.83. The van der Waals surface area contributed by atoms with Crippen molar-refractivity contribution in [2.45, 2.75) is 0 Å². The lowest BCUT2D eigenvalue weighted by atomic mass is 10.6. The number of rotatable bonds is 1. The van der Waals surface area contributed by atoms with Crippen molar-refractivity contribution >= 4 is 34.4 Å². The molecule has 0 aromatic rings. The van der Waals surface area contributed by atoms with E-state index in [4.69, 9.17) is 5.73 Å². The molecule has 0 bridgehead atoms. The van der Waals surface area contributed by atoms with E-state index < -0.39 is 0 Å². The van der Waals surface area contributed by atoms with Gasteiger partial charge >= 0.3 is 0 Å². The summed E-state index contributed by atoms with van der Waals surface area (Å²) in [6, 6.07) is 0. The number of carbonyl (C=O) groups is 1. The van der Waals surface area contributed by atoms with Gasteiger partial charge in [-0.2, -0.15) is 0 Å². The molecule has 0 aliphatic heterocycles. The molecule has 1 amide bonds. The maximum absolute atomic E-state index is 10.4. The largest absolute Gasteiger partial charge is 0.383 e. The average molecular weight is 162 g/mol. The van der Waals surface area contributed by atoms with Crippen LogP contribution in [0.4, 0.5) is 0 Å². The SMILES string of the molecule is C=CC(=O)NSC(N)=S. The van der Waals surface area contributed by atoms with Gasteiger partial charge in [-0.25, -0.2) is 0 Å². The van der Waals surface area contributed by atoms with Crippen LogP contribution in [0.2, 0.25) is 0 Å². The highest BCUT2D eigenvalue weighted by molar-refractivity contribution is 8.22. The first kappa shape index (κ1) is 8.45. The highest BCUT2D eigenvalue weighted by Gasteiger charge is 1.92. The van der Waals surface area contributed by atoms with Crippen LogP contribution in [0.5, 0.6) is 0 Å². The van der Waals surface area contributed by atoms with Crippen molar-refractivity contribution in [3.8, 4) is 0 Å². The summed E-state index contributed by atoms with van der Waals surface area (Å²) in [6.07, 6.45) is 1.14. The van der Waals surface area contributed by atoms with Crippen molar-refractivity contribution in [1.82, 2.24) is 4.72 Å². The van der Waals surface area contributed by atoms with Crippen LogP contribution < -0.4 is 10.5 Å². The molecule has 0 aliphatic carbocycles. The van der Waals surface area contributed by atoms with Gasteiger partial charge in [0.1, 0.15) is 0 Å². The Morgan fingerprint density at radius 1 is 1.89 bits per heavy atom. The number of nitrogens with one attached hydrogen (secondary N) is 1. The number of nitrogens with two attached hydrogens (primary N) is 1. The number of carbonyl (C=O) groups excluding carboxylic acids is 1. The Bertz CT molecular complexity index is 146. The van der Waals surface area contributed by atoms with Crippen LogP contribution in [-0.2, 0) is 4.79 Å². The molecule has 0 radical (unpaired) electrons. The van der Waals surface area contributed by atoms with Gasteiger partial charge in [0.2, 0.25) is 0 Å². The van der Waals surface area contributed by atoms with Gasteiger partial charge in [-0.1, -0.05) is 18.8 Å². The molecule has 0 saturated carbocycles. The predicted octanol–water partition coefficient (Wildman–Crippen LogP) is 0.180. The lowest BCUT2D eigenvalue weighted by Crippen LogP contribution is -2.17. The molecular weight excluding hydrogens is 156 g/mol. The topological polar surface area (TPSA) is 55.1 Å². The molecule has 3 N–H and O–H groups in total. The molecule has 0 rings (SSSR count). The highest BCUT2D eigenvalue weighted by Crippen LogP contribution is 1.90. The quantitative estimate of drug-likeness (QED) is 0.328. The predicted molar refractivity (Wildman–Crippen MR) is 42.7 cm³/mol. The second kappa shape index (κ2) is 4.34. The summed E-state index contributed by atoms with van der Waals surface area (Å²) >= 11 is 5.36. The maximum Gasteiger partial charge on any atom is 0.253 e. The van der Waals surface area contributed by atoms with Crippen molar-refractivity contribution in [3.05, 3.63) is 12.7 Å². The highest BCUT2D eigenvalue weighted by atomic mass is 32.2. The standard InChI is InChI=1S/C4H6N2OS2/c1-2-3(7)6-9-4(5)8/h2H,1H2,(H2,5,8)(H,6,7). The van der Waals surface area contributed by atoms with Crippen LogP contribution in [0.3, 0.4) is 0 Å². The van der Waals surface area contributed by atoms with Gasteiger partial charge in [-0.05, 0) is 6.08 Å². The second-order valence-corrected chi connectivity index (χ2v) is 2.64. The van der Waals surface area contributed by atoms with Gasteiger partial charge in [0.15, 0.2) is 4.32 Å². The van der Waals surface area contributed by atoms with Crippen LogP contribution in [0.1, 0.15) is 0 Å². The normalized spacial score (nSPS) is 8.00. The first-order valence-electron chi connectivity index (χ1n) is 2.05. The minimum absolute atomic E-state index is 0.185. The molecular formula is C4H6N2OS2. The van der Waals surface area contributed by atoms with Crippen LogP contribution in [0.15, 0.2) is 12.7 Å². The summed E-state index contributed by atoms with van der Waals surface area (Å²) in [7, 11) is 0. The molecule has 0 aliphatic rings. The van der Waals surface area contributed by atoms with E-state index in [-0.39, 0.29) is 10.2 Å². The van der Waals surface area contributed by atoms with Crippen LogP contribution in [0.25, 0.3) is 0 Å². The Labute approximate surface area is 62.8 Å². The van der Waals surface area contributed by atoms with Crippen molar-refractivity contribution in [2.75, 3.05) is 0 Å². The van der Waals surface area contributed by atoms with Gasteiger partial charge < -0.3 is 5.73 Å². The smallest absolute Gasteiger partial charge is 0.253 e. The lowest BCUT2D eigenvalue weighted by Gasteiger charge is -1.95. The van der Waals surface area contributed by atoms with Crippen molar-refractivity contribution in [2.24, 2.45) is 5.73 Å². The zero-order valence-electron chi connectivity index (χ0n) is 4.59. The molecule has 0 fully saturated rings. The molecule has 0 aromatic heterocycles. The third-order valence-electron chi connectivity index (χ3n) is 0.438. The molecule has 0 atom stereocenters. The molecule has 0 aromatic carbocycles. The number of hydrogen-bond acceptors (Lipinski definition) is 3. The van der Waals surface area contributed by atoms with Gasteiger partial charge in [0.25, 0.3) is 5.91 Å². The van der Waals surface area contributed by atoms with Gasteiger partial charge in [-0.15, -0.1) is 0 Å². The molecule has 5 heteroatoms. The third-order valence-corrected chi connectivity index (χ3v) is 1.19. The molecule has 0 saturated heterocycles. The van der Waals surface area contributed by atoms with E-state index in [1.807, 2.05) is 0 Å². The van der Waals surface area contributed by atoms with Crippen LogP contribution in [-0.4, -0.2) is 10.2 Å². The fourth-order valence-electron chi connectivity index (χ4n) is 0.142. The molecule has 9 heavy (non-hydrogen) atoms. The van der Waals surface area contributed by atoms with Gasteiger partial charge in [0.05, 0.1) is 0 Å². The Kier molecular flexibility index (Phi) is 4.08. The van der Waals surface area contributed by atoms with Crippen molar-refractivity contribution in [1.29, 1.82) is 0 Å². The summed E-state index contributed by atoms with van der Waals surface area (Å²) in [5, 5.41) is 0. The fourth-order valence-corrected chi connectivity index (χ4v) is 0.552. The number of amides is 1. The minimum Gasteiger partial charge on any atom is -0.383 e. The molecule has 3 nitrogen and oxygen atoms in total. The van der Waals surface area contributed by atoms with E-state index in [9.17, 15) is 4.79 Å². The lowest BCUT2D eigenvalue weighted by molar-refractivity contribution is -0.114. The van der Waals surface area contributed by atoms with E-state index in [2.05, 4.69) is 23.5 Å². The van der Waals surface area contributed by atoms with Crippen molar-refractivity contribution < 1.29 is 4.79 Å². The second-order valence-electron chi connectivity index (χ2n) is 1.09. The van der Waals surface area contributed by atoms with E-state index in [1.165, 1.54) is 0 Å². The Hall–Kier alpha value is -0.550. The first-order chi connectivity index (χ1) is 4.16. The monoisotopic (exact) mass is 162 g/mol. The summed E-state index contributed by atoms with van der Waals surface area (Å²) in [5.74, 6) is -0.298. The maximum atomic E-state index is 10.4. The van der Waals surface area contributed by atoms with Crippen LogP contribution in [0, 0.1) is 0 Å². The summed E-state index contributed by atoms with van der Waals surface area (Å²) in [5.41, 5.74) is 5.04. The Morgan fingerprint density at radius 2 is 2.44 bits per heavy atom. The molecule has 0 heterocycles. The Morgan fingerprint density at radius 3 is 2.78 bits per heavy atom. The molecule has 0 unspecified atom stereocenters. The number of thiocarbonyl (C=S) groups is 1. The van der Waals surface area contributed by atoms with Gasteiger partial charge in [-0.3, -0.25) is 9.52 Å². The minimum atomic E-state index is -0.298.